The molecular formula is C16H13FN2O. The Morgan fingerprint density at radius 3 is 2.70 bits per heavy atom. The zero-order valence-corrected chi connectivity index (χ0v) is 11.0. The van der Waals surface area contributed by atoms with Gasteiger partial charge in [-0.1, -0.05) is 12.1 Å². The van der Waals surface area contributed by atoms with Gasteiger partial charge in [-0.25, -0.2) is 4.39 Å². The number of pyridine rings is 1. The predicted octanol–water partition coefficient (Wildman–Crippen LogP) is 3.34. The van der Waals surface area contributed by atoms with Gasteiger partial charge in [0.15, 0.2) is 6.29 Å². The lowest BCUT2D eigenvalue weighted by atomic mass is 10.2. The number of rotatable bonds is 3. The minimum atomic E-state index is -0.252. The van der Waals surface area contributed by atoms with Crippen LogP contribution in [-0.4, -0.2) is 15.8 Å². The molecule has 0 aliphatic rings. The Labute approximate surface area is 115 Å². The molecule has 0 bridgehead atoms. The summed E-state index contributed by atoms with van der Waals surface area (Å²) in [6.45, 7) is 2.57. The second-order valence-corrected chi connectivity index (χ2v) is 4.78. The molecule has 100 valence electrons. The number of fused-ring (bicyclic) bond motifs is 1. The van der Waals surface area contributed by atoms with Gasteiger partial charge in [-0.15, -0.1) is 0 Å². The van der Waals surface area contributed by atoms with Crippen molar-refractivity contribution in [2.75, 3.05) is 0 Å². The molecule has 0 aliphatic heterocycles. The van der Waals surface area contributed by atoms with Crippen LogP contribution in [0.1, 0.15) is 21.5 Å². The van der Waals surface area contributed by atoms with Crippen LogP contribution in [0.2, 0.25) is 0 Å². The van der Waals surface area contributed by atoms with Gasteiger partial charge in [-0.2, -0.15) is 0 Å². The summed E-state index contributed by atoms with van der Waals surface area (Å²) in [6, 6.07) is 8.28. The molecule has 0 unspecified atom stereocenters. The maximum absolute atomic E-state index is 12.9. The highest BCUT2D eigenvalue weighted by Crippen LogP contribution is 2.22. The molecule has 20 heavy (non-hydrogen) atoms. The van der Waals surface area contributed by atoms with E-state index in [0.29, 0.717) is 17.6 Å². The fourth-order valence-electron chi connectivity index (χ4n) is 2.42. The summed E-state index contributed by atoms with van der Waals surface area (Å²) in [4.78, 5) is 15.4. The van der Waals surface area contributed by atoms with E-state index in [1.54, 1.807) is 24.5 Å². The van der Waals surface area contributed by atoms with Gasteiger partial charge in [0, 0.05) is 18.9 Å². The lowest BCUT2D eigenvalue weighted by Gasteiger charge is -2.07. The summed E-state index contributed by atoms with van der Waals surface area (Å²) >= 11 is 0. The van der Waals surface area contributed by atoms with Crippen molar-refractivity contribution in [3.8, 4) is 0 Å². The molecule has 3 aromatic rings. The third-order valence-corrected chi connectivity index (χ3v) is 3.37. The molecule has 0 saturated carbocycles. The molecule has 0 atom stereocenters. The van der Waals surface area contributed by atoms with Crippen molar-refractivity contribution < 1.29 is 9.18 Å². The summed E-state index contributed by atoms with van der Waals surface area (Å²) in [7, 11) is 0. The largest absolute Gasteiger partial charge is 0.341 e. The van der Waals surface area contributed by atoms with Crippen molar-refractivity contribution in [3.05, 3.63) is 65.2 Å². The molecule has 2 heterocycles. The normalized spacial score (nSPS) is 10.9. The number of hydrogen-bond acceptors (Lipinski definition) is 2. The van der Waals surface area contributed by atoms with Crippen molar-refractivity contribution >= 4 is 17.3 Å². The number of aryl methyl sites for hydroxylation is 1. The molecule has 3 rings (SSSR count). The van der Waals surface area contributed by atoms with Crippen LogP contribution in [0.5, 0.6) is 0 Å². The highest BCUT2D eigenvalue weighted by atomic mass is 19.1. The van der Waals surface area contributed by atoms with Crippen LogP contribution in [0.3, 0.4) is 0 Å². The van der Waals surface area contributed by atoms with E-state index >= 15 is 0 Å². The fraction of sp³-hybridized carbons (Fsp3) is 0.125. The lowest BCUT2D eigenvalue weighted by molar-refractivity contribution is 0.112. The van der Waals surface area contributed by atoms with Gasteiger partial charge in [0.1, 0.15) is 5.82 Å². The van der Waals surface area contributed by atoms with Crippen molar-refractivity contribution in [1.82, 2.24) is 9.55 Å². The van der Waals surface area contributed by atoms with Crippen molar-refractivity contribution in [1.29, 1.82) is 0 Å². The van der Waals surface area contributed by atoms with Gasteiger partial charge in [-0.05, 0) is 36.2 Å². The Hall–Kier alpha value is -2.49. The zero-order valence-electron chi connectivity index (χ0n) is 11.0. The number of aromatic nitrogens is 2. The van der Waals surface area contributed by atoms with E-state index in [-0.39, 0.29) is 5.82 Å². The topological polar surface area (TPSA) is 34.9 Å². The second-order valence-electron chi connectivity index (χ2n) is 4.78. The molecule has 4 heteroatoms. The molecular weight excluding hydrogens is 255 g/mol. The van der Waals surface area contributed by atoms with Crippen LogP contribution in [0.25, 0.3) is 11.0 Å². The molecule has 0 spiro atoms. The summed E-state index contributed by atoms with van der Waals surface area (Å²) in [5.41, 5.74) is 4.26. The third-order valence-electron chi connectivity index (χ3n) is 3.37. The van der Waals surface area contributed by atoms with E-state index in [4.69, 9.17) is 0 Å². The van der Waals surface area contributed by atoms with Gasteiger partial charge in [0.25, 0.3) is 0 Å². The van der Waals surface area contributed by atoms with E-state index < -0.39 is 0 Å². The minimum absolute atomic E-state index is 0.252. The molecule has 0 N–H and O–H groups in total. The van der Waals surface area contributed by atoms with Crippen LogP contribution in [0.15, 0.2) is 42.7 Å². The Morgan fingerprint density at radius 2 is 2.00 bits per heavy atom. The van der Waals surface area contributed by atoms with Crippen molar-refractivity contribution in [3.63, 3.8) is 0 Å². The van der Waals surface area contributed by atoms with Crippen LogP contribution >= 0.6 is 0 Å². The molecule has 0 fully saturated rings. The SMILES string of the molecule is Cc1ccnc2c(C=O)cn(Cc3ccc(F)cc3)c12. The Bertz CT molecular complexity index is 775. The van der Waals surface area contributed by atoms with Gasteiger partial charge in [0.2, 0.25) is 0 Å². The van der Waals surface area contributed by atoms with Crippen LogP contribution < -0.4 is 0 Å². The Morgan fingerprint density at radius 1 is 1.25 bits per heavy atom. The third kappa shape index (κ3) is 2.09. The predicted molar refractivity (Wildman–Crippen MR) is 75.4 cm³/mol. The van der Waals surface area contributed by atoms with Crippen molar-refractivity contribution in [2.24, 2.45) is 0 Å². The number of hydrogen-bond donors (Lipinski definition) is 0. The first kappa shape index (κ1) is 12.5. The number of aldehydes is 1. The molecule has 0 amide bonds. The molecule has 3 nitrogen and oxygen atoms in total. The number of carbonyl (C=O) groups excluding carboxylic acids is 1. The fourth-order valence-corrected chi connectivity index (χ4v) is 2.42. The first-order chi connectivity index (χ1) is 9.69. The van der Waals surface area contributed by atoms with Gasteiger partial charge >= 0.3 is 0 Å². The summed E-state index contributed by atoms with van der Waals surface area (Å²) < 4.78 is 14.9. The highest BCUT2D eigenvalue weighted by Gasteiger charge is 2.11. The summed E-state index contributed by atoms with van der Waals surface area (Å²) in [5, 5.41) is 0. The van der Waals surface area contributed by atoms with E-state index in [9.17, 15) is 9.18 Å². The maximum Gasteiger partial charge on any atom is 0.153 e. The standard InChI is InChI=1S/C16H13FN2O/c1-11-6-7-18-15-13(10-20)9-19(16(11)15)8-12-2-4-14(17)5-3-12/h2-7,9-10H,8H2,1H3. The summed E-state index contributed by atoms with van der Waals surface area (Å²) in [6.07, 6.45) is 4.31. The monoisotopic (exact) mass is 268 g/mol. The Kier molecular flexibility index (Phi) is 3.06. The molecule has 0 aliphatic carbocycles. The summed E-state index contributed by atoms with van der Waals surface area (Å²) in [5.74, 6) is -0.252. The van der Waals surface area contributed by atoms with Crippen molar-refractivity contribution in [2.45, 2.75) is 13.5 Å². The van der Waals surface area contributed by atoms with Crippen LogP contribution in [0, 0.1) is 12.7 Å². The number of halogens is 1. The van der Waals surface area contributed by atoms with Gasteiger partial charge in [-0.3, -0.25) is 9.78 Å². The number of benzene rings is 1. The van der Waals surface area contributed by atoms with E-state index in [0.717, 1.165) is 22.9 Å². The molecule has 1 aromatic carbocycles. The zero-order chi connectivity index (χ0) is 14.1. The molecule has 0 radical (unpaired) electrons. The van der Waals surface area contributed by atoms with Gasteiger partial charge < -0.3 is 4.57 Å². The lowest BCUT2D eigenvalue weighted by Crippen LogP contribution is -1.99. The van der Waals surface area contributed by atoms with Gasteiger partial charge in [0.05, 0.1) is 16.6 Å². The van der Waals surface area contributed by atoms with Crippen LogP contribution in [0.4, 0.5) is 4.39 Å². The quantitative estimate of drug-likeness (QED) is 0.683. The maximum atomic E-state index is 12.9. The first-order valence-electron chi connectivity index (χ1n) is 6.33. The molecule has 2 aromatic heterocycles. The van der Waals surface area contributed by atoms with E-state index in [1.165, 1.54) is 12.1 Å². The van der Waals surface area contributed by atoms with E-state index in [2.05, 4.69) is 4.98 Å². The van der Waals surface area contributed by atoms with E-state index in [1.807, 2.05) is 17.6 Å². The number of carbonyl (C=O) groups is 1. The number of nitrogens with zero attached hydrogens (tertiary/aromatic N) is 2. The Balaban J connectivity index is 2.11. The van der Waals surface area contributed by atoms with Crippen LogP contribution in [-0.2, 0) is 6.54 Å². The average molecular weight is 268 g/mol. The minimum Gasteiger partial charge on any atom is -0.341 e. The smallest absolute Gasteiger partial charge is 0.153 e. The first-order valence-corrected chi connectivity index (χ1v) is 6.33. The highest BCUT2D eigenvalue weighted by molar-refractivity contribution is 5.96. The second kappa shape index (κ2) is 4.89. The average Bonchev–Trinajstić information content (AvgIpc) is 2.81. The molecule has 0 saturated heterocycles.